The first-order chi connectivity index (χ1) is 9.09. The van der Waals surface area contributed by atoms with Crippen molar-refractivity contribution >= 4 is 10.0 Å². The Morgan fingerprint density at radius 3 is 2.68 bits per heavy atom. The summed E-state index contributed by atoms with van der Waals surface area (Å²) in [5.74, 6) is 0.816. The predicted molar refractivity (Wildman–Crippen MR) is 77.2 cm³/mol. The highest BCUT2D eigenvalue weighted by Crippen LogP contribution is 2.31. The summed E-state index contributed by atoms with van der Waals surface area (Å²) in [6.07, 6.45) is 3.49. The first-order valence-electron chi connectivity index (χ1n) is 6.79. The maximum absolute atomic E-state index is 11.9. The van der Waals surface area contributed by atoms with Crippen LogP contribution in [-0.4, -0.2) is 22.0 Å². The van der Waals surface area contributed by atoms with Gasteiger partial charge in [0.1, 0.15) is 0 Å². The number of benzene rings is 1. The maximum atomic E-state index is 11.9. The first kappa shape index (κ1) is 14.5. The fourth-order valence-electron chi connectivity index (χ4n) is 2.13. The lowest BCUT2D eigenvalue weighted by Crippen LogP contribution is -2.26. The molecule has 1 aromatic rings. The Hall–Kier alpha value is -0.910. The molecule has 106 valence electrons. The van der Waals surface area contributed by atoms with E-state index in [1.165, 1.54) is 12.8 Å². The molecule has 0 atom stereocenters. The van der Waals surface area contributed by atoms with E-state index in [1.807, 2.05) is 31.3 Å². The molecule has 0 aliphatic heterocycles. The van der Waals surface area contributed by atoms with Gasteiger partial charge in [0.2, 0.25) is 10.0 Å². The molecular weight excluding hydrogens is 260 g/mol. The molecule has 1 aliphatic rings. The molecule has 1 aliphatic carbocycles. The van der Waals surface area contributed by atoms with Gasteiger partial charge in [0.15, 0.2) is 0 Å². The van der Waals surface area contributed by atoms with E-state index >= 15 is 0 Å². The lowest BCUT2D eigenvalue weighted by Gasteiger charge is -2.08. The molecule has 1 fully saturated rings. The average molecular weight is 282 g/mol. The standard InChI is InChI=1S/C14H22N2O2S/c1-15-10-13-3-2-4-14(9-13)11-19(17,18)16-8-7-12-5-6-12/h2-4,9,12,15-16H,5-8,10-11H2,1H3. The van der Waals surface area contributed by atoms with E-state index in [1.54, 1.807) is 0 Å². The normalized spacial score (nSPS) is 15.6. The first-order valence-corrected chi connectivity index (χ1v) is 8.44. The third-order valence-electron chi connectivity index (χ3n) is 3.30. The third kappa shape index (κ3) is 5.30. The van der Waals surface area contributed by atoms with Gasteiger partial charge in [-0.25, -0.2) is 13.1 Å². The Balaban J connectivity index is 1.88. The van der Waals surface area contributed by atoms with Crippen LogP contribution in [0.3, 0.4) is 0 Å². The zero-order valence-corrected chi connectivity index (χ0v) is 12.2. The summed E-state index contributed by atoms with van der Waals surface area (Å²) in [7, 11) is -1.33. The van der Waals surface area contributed by atoms with Gasteiger partial charge in [0.05, 0.1) is 5.75 Å². The van der Waals surface area contributed by atoms with Gasteiger partial charge < -0.3 is 5.32 Å². The molecule has 0 heterocycles. The zero-order valence-electron chi connectivity index (χ0n) is 11.4. The molecule has 5 heteroatoms. The van der Waals surface area contributed by atoms with Crippen LogP contribution in [0.2, 0.25) is 0 Å². The molecule has 1 saturated carbocycles. The third-order valence-corrected chi connectivity index (χ3v) is 4.66. The molecule has 1 aromatic carbocycles. The smallest absolute Gasteiger partial charge is 0.215 e. The monoisotopic (exact) mass is 282 g/mol. The van der Waals surface area contributed by atoms with Crippen molar-refractivity contribution < 1.29 is 8.42 Å². The van der Waals surface area contributed by atoms with Crippen LogP contribution in [0.1, 0.15) is 30.4 Å². The highest BCUT2D eigenvalue weighted by Gasteiger charge is 2.21. The Kier molecular flexibility index (Phi) is 4.96. The van der Waals surface area contributed by atoms with E-state index in [0.29, 0.717) is 6.54 Å². The van der Waals surface area contributed by atoms with Crippen LogP contribution in [0.15, 0.2) is 24.3 Å². The van der Waals surface area contributed by atoms with Crippen molar-refractivity contribution in [2.45, 2.75) is 31.6 Å². The summed E-state index contributed by atoms with van der Waals surface area (Å²) < 4.78 is 26.6. The van der Waals surface area contributed by atoms with Crippen LogP contribution >= 0.6 is 0 Å². The van der Waals surface area contributed by atoms with E-state index in [9.17, 15) is 8.42 Å². The van der Waals surface area contributed by atoms with Crippen molar-refractivity contribution in [3.05, 3.63) is 35.4 Å². The second kappa shape index (κ2) is 6.50. The van der Waals surface area contributed by atoms with Crippen LogP contribution in [0.25, 0.3) is 0 Å². The quantitative estimate of drug-likeness (QED) is 0.762. The minimum Gasteiger partial charge on any atom is -0.316 e. The summed E-state index contributed by atoms with van der Waals surface area (Å²) in [6, 6.07) is 7.70. The molecule has 0 radical (unpaired) electrons. The number of hydrogen-bond acceptors (Lipinski definition) is 3. The van der Waals surface area contributed by atoms with E-state index in [4.69, 9.17) is 0 Å². The van der Waals surface area contributed by atoms with Crippen molar-refractivity contribution in [3.8, 4) is 0 Å². The van der Waals surface area contributed by atoms with Gasteiger partial charge in [-0.05, 0) is 30.5 Å². The molecule has 19 heavy (non-hydrogen) atoms. The largest absolute Gasteiger partial charge is 0.316 e. The molecule has 2 N–H and O–H groups in total. The van der Waals surface area contributed by atoms with Crippen LogP contribution in [0.5, 0.6) is 0 Å². The Morgan fingerprint density at radius 2 is 2.00 bits per heavy atom. The average Bonchev–Trinajstić information content (AvgIpc) is 3.13. The van der Waals surface area contributed by atoms with E-state index < -0.39 is 10.0 Å². The number of rotatable bonds is 8. The summed E-state index contributed by atoms with van der Waals surface area (Å²) >= 11 is 0. The fourth-order valence-corrected chi connectivity index (χ4v) is 3.28. The molecule has 4 nitrogen and oxygen atoms in total. The zero-order chi connectivity index (χ0) is 13.7. The fraction of sp³-hybridized carbons (Fsp3) is 0.571. The van der Waals surface area contributed by atoms with E-state index in [0.717, 1.165) is 30.0 Å². The number of hydrogen-bond donors (Lipinski definition) is 2. The molecule has 0 saturated heterocycles. The molecule has 0 spiro atoms. The highest BCUT2D eigenvalue weighted by molar-refractivity contribution is 7.88. The summed E-state index contributed by atoms with van der Waals surface area (Å²) in [5.41, 5.74) is 1.94. The highest BCUT2D eigenvalue weighted by atomic mass is 32.2. The van der Waals surface area contributed by atoms with Crippen molar-refractivity contribution in [3.63, 3.8) is 0 Å². The Bertz CT molecular complexity index is 510. The van der Waals surface area contributed by atoms with Crippen molar-refractivity contribution in [2.24, 2.45) is 5.92 Å². The van der Waals surface area contributed by atoms with Gasteiger partial charge in [0, 0.05) is 13.1 Å². The number of nitrogens with one attached hydrogen (secondary N) is 2. The second-order valence-corrected chi connectivity index (χ2v) is 7.04. The number of sulfonamides is 1. The van der Waals surface area contributed by atoms with Crippen molar-refractivity contribution in [1.82, 2.24) is 10.0 Å². The van der Waals surface area contributed by atoms with E-state index in [-0.39, 0.29) is 5.75 Å². The van der Waals surface area contributed by atoms with Gasteiger partial charge in [-0.3, -0.25) is 0 Å². The predicted octanol–water partition coefficient (Wildman–Crippen LogP) is 1.63. The molecule has 0 bridgehead atoms. The SMILES string of the molecule is CNCc1cccc(CS(=O)(=O)NCCC2CC2)c1. The minimum absolute atomic E-state index is 0.0647. The van der Waals surface area contributed by atoms with Crippen LogP contribution < -0.4 is 10.0 Å². The molecule has 2 rings (SSSR count). The lowest BCUT2D eigenvalue weighted by atomic mass is 10.1. The van der Waals surface area contributed by atoms with Gasteiger partial charge in [-0.1, -0.05) is 37.1 Å². The van der Waals surface area contributed by atoms with Gasteiger partial charge in [-0.15, -0.1) is 0 Å². The van der Waals surface area contributed by atoms with Crippen LogP contribution in [0.4, 0.5) is 0 Å². The molecule has 0 aromatic heterocycles. The molecule has 0 amide bonds. The summed E-state index contributed by atoms with van der Waals surface area (Å²) in [6.45, 7) is 1.33. The van der Waals surface area contributed by atoms with Gasteiger partial charge in [0.25, 0.3) is 0 Å². The lowest BCUT2D eigenvalue weighted by molar-refractivity contribution is 0.574. The molecular formula is C14H22N2O2S. The minimum atomic E-state index is -3.20. The summed E-state index contributed by atoms with van der Waals surface area (Å²) in [4.78, 5) is 0. The Morgan fingerprint density at radius 1 is 1.26 bits per heavy atom. The van der Waals surface area contributed by atoms with Gasteiger partial charge >= 0.3 is 0 Å². The van der Waals surface area contributed by atoms with Crippen LogP contribution in [0, 0.1) is 5.92 Å². The maximum Gasteiger partial charge on any atom is 0.215 e. The topological polar surface area (TPSA) is 58.2 Å². The summed E-state index contributed by atoms with van der Waals surface area (Å²) in [5, 5.41) is 3.06. The second-order valence-electron chi connectivity index (χ2n) is 5.24. The van der Waals surface area contributed by atoms with Gasteiger partial charge in [-0.2, -0.15) is 0 Å². The molecule has 0 unspecified atom stereocenters. The van der Waals surface area contributed by atoms with Crippen molar-refractivity contribution in [2.75, 3.05) is 13.6 Å². The van der Waals surface area contributed by atoms with Crippen molar-refractivity contribution in [1.29, 1.82) is 0 Å². The van der Waals surface area contributed by atoms with E-state index in [2.05, 4.69) is 10.0 Å². The van der Waals surface area contributed by atoms with Crippen LogP contribution in [-0.2, 0) is 22.3 Å². The Labute approximate surface area is 115 Å².